The van der Waals surface area contributed by atoms with Crippen LogP contribution >= 0.6 is 0 Å². The Kier molecular flexibility index (Phi) is 7.67. The molecule has 3 aromatic rings. The molecule has 1 aromatic carbocycles. The van der Waals surface area contributed by atoms with E-state index in [4.69, 9.17) is 5.11 Å². The molecule has 36 heavy (non-hydrogen) atoms. The molecular formula is C24H27FN4O6S. The Morgan fingerprint density at radius 3 is 2.58 bits per heavy atom. The molecule has 1 aliphatic heterocycles. The highest BCUT2D eigenvalue weighted by Gasteiger charge is 2.27. The molecule has 0 unspecified atom stereocenters. The first-order valence-electron chi connectivity index (χ1n) is 11.6. The SMILES string of the molecule is O=C(NCCO)c1c(O)c2ncc(Cc3ccc(F)cc3)cc2n(CCN2CCCCS2(=O)=O)c1=O. The minimum Gasteiger partial charge on any atom is -0.505 e. The van der Waals surface area contributed by atoms with E-state index < -0.39 is 32.8 Å². The molecule has 1 fully saturated rings. The average Bonchev–Trinajstić information content (AvgIpc) is 2.84. The van der Waals surface area contributed by atoms with Crippen LogP contribution in [0, 0.1) is 5.82 Å². The van der Waals surface area contributed by atoms with Crippen LogP contribution in [0.15, 0.2) is 41.3 Å². The average molecular weight is 519 g/mol. The topological polar surface area (TPSA) is 142 Å². The molecule has 3 heterocycles. The Labute approximate surface area is 207 Å². The Morgan fingerprint density at radius 2 is 1.89 bits per heavy atom. The van der Waals surface area contributed by atoms with Crippen LogP contribution in [0.5, 0.6) is 5.75 Å². The van der Waals surface area contributed by atoms with Gasteiger partial charge in [0.25, 0.3) is 11.5 Å². The van der Waals surface area contributed by atoms with Gasteiger partial charge in [0.15, 0.2) is 5.75 Å². The Bertz CT molecular complexity index is 1440. The number of nitrogens with zero attached hydrogens (tertiary/aromatic N) is 3. The summed E-state index contributed by atoms with van der Waals surface area (Å²) in [6.07, 6.45) is 3.15. The summed E-state index contributed by atoms with van der Waals surface area (Å²) >= 11 is 0. The number of rotatable bonds is 8. The van der Waals surface area contributed by atoms with E-state index in [-0.39, 0.29) is 48.8 Å². The fourth-order valence-corrected chi connectivity index (χ4v) is 5.86. The highest BCUT2D eigenvalue weighted by molar-refractivity contribution is 7.89. The third-order valence-electron chi connectivity index (χ3n) is 6.11. The monoisotopic (exact) mass is 518 g/mol. The van der Waals surface area contributed by atoms with E-state index in [0.717, 1.165) is 5.56 Å². The van der Waals surface area contributed by atoms with Crippen LogP contribution in [0.25, 0.3) is 11.0 Å². The molecule has 0 saturated carbocycles. The number of pyridine rings is 2. The van der Waals surface area contributed by atoms with Crippen molar-refractivity contribution in [2.24, 2.45) is 0 Å². The molecule has 3 N–H and O–H groups in total. The first-order valence-corrected chi connectivity index (χ1v) is 13.2. The Balaban J connectivity index is 1.78. The van der Waals surface area contributed by atoms with Crippen molar-refractivity contribution in [1.82, 2.24) is 19.2 Å². The number of hydrogen-bond donors (Lipinski definition) is 3. The van der Waals surface area contributed by atoms with E-state index in [2.05, 4.69) is 10.3 Å². The second-order valence-corrected chi connectivity index (χ2v) is 10.7. The van der Waals surface area contributed by atoms with Gasteiger partial charge in [-0.05, 0) is 48.6 Å². The first kappa shape index (κ1) is 25.7. The van der Waals surface area contributed by atoms with Crippen LogP contribution in [0.1, 0.15) is 34.3 Å². The van der Waals surface area contributed by atoms with E-state index in [1.807, 2.05) is 0 Å². The number of carbonyl (C=O) groups excluding carboxylic acids is 1. The van der Waals surface area contributed by atoms with Crippen LogP contribution in [0.2, 0.25) is 0 Å². The van der Waals surface area contributed by atoms with Gasteiger partial charge in [-0.1, -0.05) is 12.1 Å². The smallest absolute Gasteiger partial charge is 0.267 e. The lowest BCUT2D eigenvalue weighted by molar-refractivity contribution is 0.0940. The highest BCUT2D eigenvalue weighted by Crippen LogP contribution is 2.26. The van der Waals surface area contributed by atoms with Crippen LogP contribution in [0.4, 0.5) is 4.39 Å². The number of sulfonamides is 1. The van der Waals surface area contributed by atoms with E-state index >= 15 is 0 Å². The number of amides is 1. The van der Waals surface area contributed by atoms with Crippen molar-refractivity contribution >= 4 is 27.0 Å². The van der Waals surface area contributed by atoms with Crippen LogP contribution in [-0.2, 0) is 23.0 Å². The largest absolute Gasteiger partial charge is 0.505 e. The summed E-state index contributed by atoms with van der Waals surface area (Å²) in [4.78, 5) is 30.3. The van der Waals surface area contributed by atoms with Gasteiger partial charge >= 0.3 is 0 Å². The molecule has 1 saturated heterocycles. The van der Waals surface area contributed by atoms with Gasteiger partial charge in [0.2, 0.25) is 10.0 Å². The number of aliphatic hydroxyl groups excluding tert-OH is 1. The lowest BCUT2D eigenvalue weighted by Gasteiger charge is -2.26. The lowest BCUT2D eigenvalue weighted by Crippen LogP contribution is -2.41. The van der Waals surface area contributed by atoms with Gasteiger partial charge in [0, 0.05) is 32.4 Å². The molecule has 1 aliphatic rings. The van der Waals surface area contributed by atoms with Gasteiger partial charge in [-0.3, -0.25) is 14.6 Å². The zero-order valence-electron chi connectivity index (χ0n) is 19.5. The highest BCUT2D eigenvalue weighted by atomic mass is 32.2. The van der Waals surface area contributed by atoms with Crippen LogP contribution in [-0.4, -0.2) is 70.4 Å². The zero-order chi connectivity index (χ0) is 25.9. The molecule has 12 heteroatoms. The predicted octanol–water partition coefficient (Wildman–Crippen LogP) is 0.980. The molecule has 192 valence electrons. The first-order chi connectivity index (χ1) is 17.2. The van der Waals surface area contributed by atoms with Crippen LogP contribution < -0.4 is 10.9 Å². The Hall–Kier alpha value is -3.35. The zero-order valence-corrected chi connectivity index (χ0v) is 20.3. The molecular weight excluding hydrogens is 491 g/mol. The van der Waals surface area contributed by atoms with E-state index in [1.54, 1.807) is 18.2 Å². The van der Waals surface area contributed by atoms with Crippen molar-refractivity contribution in [1.29, 1.82) is 0 Å². The van der Waals surface area contributed by atoms with Gasteiger partial charge < -0.3 is 20.1 Å². The lowest BCUT2D eigenvalue weighted by atomic mass is 10.1. The van der Waals surface area contributed by atoms with E-state index in [1.165, 1.54) is 27.2 Å². The summed E-state index contributed by atoms with van der Waals surface area (Å²) in [5, 5.41) is 22.2. The van der Waals surface area contributed by atoms with Gasteiger partial charge in [-0.2, -0.15) is 0 Å². The van der Waals surface area contributed by atoms with Gasteiger partial charge in [0.05, 0.1) is 17.9 Å². The number of hydrogen-bond acceptors (Lipinski definition) is 7. The predicted molar refractivity (Wildman–Crippen MR) is 131 cm³/mol. The summed E-state index contributed by atoms with van der Waals surface area (Å²) in [6.45, 7) is -0.179. The summed E-state index contributed by atoms with van der Waals surface area (Å²) in [7, 11) is -3.44. The molecule has 0 bridgehead atoms. The third kappa shape index (κ3) is 5.40. The van der Waals surface area contributed by atoms with Gasteiger partial charge in [-0.25, -0.2) is 17.1 Å². The maximum absolute atomic E-state index is 13.4. The number of carbonyl (C=O) groups is 1. The Morgan fingerprint density at radius 1 is 1.14 bits per heavy atom. The second-order valence-electron chi connectivity index (χ2n) is 8.60. The van der Waals surface area contributed by atoms with Crippen molar-refractivity contribution in [2.75, 3.05) is 32.0 Å². The minimum absolute atomic E-state index is 0.00751. The second kappa shape index (κ2) is 10.7. The summed E-state index contributed by atoms with van der Waals surface area (Å²) < 4.78 is 40.7. The molecule has 4 rings (SSSR count). The summed E-state index contributed by atoms with van der Waals surface area (Å²) in [5.41, 5.74) is 0.389. The minimum atomic E-state index is -3.44. The maximum atomic E-state index is 13.4. The fourth-order valence-electron chi connectivity index (χ4n) is 4.27. The van der Waals surface area contributed by atoms with Gasteiger partial charge in [-0.15, -0.1) is 0 Å². The van der Waals surface area contributed by atoms with E-state index in [0.29, 0.717) is 31.4 Å². The molecule has 2 aromatic heterocycles. The number of halogens is 1. The number of fused-ring (bicyclic) bond motifs is 1. The van der Waals surface area contributed by atoms with Crippen molar-refractivity contribution in [2.45, 2.75) is 25.8 Å². The normalized spacial score (nSPS) is 15.7. The molecule has 1 amide bonds. The maximum Gasteiger partial charge on any atom is 0.267 e. The molecule has 0 atom stereocenters. The summed E-state index contributed by atoms with van der Waals surface area (Å²) in [6, 6.07) is 7.57. The number of nitrogens with one attached hydrogen (secondary N) is 1. The van der Waals surface area contributed by atoms with Crippen molar-refractivity contribution < 1.29 is 27.8 Å². The fraction of sp³-hybridized carbons (Fsp3) is 0.375. The molecule has 0 aliphatic carbocycles. The number of benzene rings is 1. The van der Waals surface area contributed by atoms with Crippen molar-refractivity contribution in [3.63, 3.8) is 0 Å². The quantitative estimate of drug-likeness (QED) is 0.404. The summed E-state index contributed by atoms with van der Waals surface area (Å²) in [5.74, 6) is -1.80. The van der Waals surface area contributed by atoms with Crippen molar-refractivity contribution in [3.8, 4) is 5.75 Å². The molecule has 10 nitrogen and oxygen atoms in total. The van der Waals surface area contributed by atoms with Crippen LogP contribution in [0.3, 0.4) is 0 Å². The molecule has 0 radical (unpaired) electrons. The van der Waals surface area contributed by atoms with Gasteiger partial charge in [0.1, 0.15) is 16.9 Å². The number of aromatic hydroxyl groups is 1. The van der Waals surface area contributed by atoms with Crippen molar-refractivity contribution in [3.05, 3.63) is 69.4 Å². The number of aromatic nitrogens is 2. The third-order valence-corrected chi connectivity index (χ3v) is 8.06. The standard InChI is InChI=1S/C24H27FN4O6S/c25-18-5-3-16(4-6-18)13-17-14-19-21(27-15-17)22(31)20(23(32)26-7-11-30)24(33)29(19)10-9-28-8-1-2-12-36(28,34)35/h3-6,14-15,30-31H,1-2,7-13H2,(H,26,32). The number of aliphatic hydroxyl groups is 1. The van der Waals surface area contributed by atoms with E-state index in [9.17, 15) is 27.5 Å². The molecule has 0 spiro atoms.